The number of aromatic carboxylic acids is 1. The molecule has 0 saturated carbocycles. The fourth-order valence-corrected chi connectivity index (χ4v) is 1.55. The van der Waals surface area contributed by atoms with E-state index in [-0.39, 0.29) is 23.5 Å². The number of aromatic nitrogens is 2. The maximum Gasteiger partial charge on any atom is 0.381 e. The molecule has 0 atom stereocenters. The average molecular weight is 265 g/mol. The highest BCUT2D eigenvalue weighted by Gasteiger charge is 2.13. The number of hydrogen-bond acceptors (Lipinski definition) is 4. The minimum absolute atomic E-state index is 0.0339. The molecular formula is C11H8FN3O4. The van der Waals surface area contributed by atoms with Crippen molar-refractivity contribution in [3.05, 3.63) is 57.8 Å². The number of rotatable bonds is 4. The number of carbonyl (C=O) groups is 1. The number of carboxylic acid groups (broad SMARTS) is 1. The molecule has 0 aliphatic carbocycles. The highest BCUT2D eigenvalue weighted by molar-refractivity contribution is 5.87. The molecule has 0 fully saturated rings. The number of nitrogens with zero attached hydrogens (tertiary/aromatic N) is 3. The van der Waals surface area contributed by atoms with E-state index >= 15 is 0 Å². The van der Waals surface area contributed by atoms with Gasteiger partial charge in [-0.05, 0) is 28.1 Å². The standard InChI is InChI=1S/C11H8FN3O4/c12-9-2-1-7(11(16)17)3-8(9)4-14-5-10(13-6-14)15(18)19/h1-3,5-6H,4H2,(H,16,17). The zero-order valence-corrected chi connectivity index (χ0v) is 9.49. The van der Waals surface area contributed by atoms with Gasteiger partial charge in [0.1, 0.15) is 12.0 Å². The maximum absolute atomic E-state index is 13.5. The van der Waals surface area contributed by atoms with E-state index in [1.54, 1.807) is 0 Å². The minimum Gasteiger partial charge on any atom is -0.478 e. The maximum atomic E-state index is 13.5. The number of benzene rings is 1. The van der Waals surface area contributed by atoms with Gasteiger partial charge in [-0.3, -0.25) is 0 Å². The first-order valence-corrected chi connectivity index (χ1v) is 5.15. The molecule has 1 aromatic carbocycles. The van der Waals surface area contributed by atoms with Crippen LogP contribution < -0.4 is 0 Å². The van der Waals surface area contributed by atoms with E-state index in [0.717, 1.165) is 18.3 Å². The van der Waals surface area contributed by atoms with Crippen LogP contribution in [-0.4, -0.2) is 25.6 Å². The Labute approximate surface area is 106 Å². The Morgan fingerprint density at radius 2 is 2.26 bits per heavy atom. The van der Waals surface area contributed by atoms with Crippen LogP contribution in [0.4, 0.5) is 10.2 Å². The van der Waals surface area contributed by atoms with Crippen LogP contribution in [0, 0.1) is 15.9 Å². The predicted molar refractivity (Wildman–Crippen MR) is 61.3 cm³/mol. The number of halogens is 1. The topological polar surface area (TPSA) is 98.3 Å². The van der Waals surface area contributed by atoms with Crippen molar-refractivity contribution in [1.29, 1.82) is 0 Å². The van der Waals surface area contributed by atoms with Gasteiger partial charge in [-0.2, -0.15) is 0 Å². The summed E-state index contributed by atoms with van der Waals surface area (Å²) in [6.07, 6.45) is 2.33. The molecule has 0 bridgehead atoms. The zero-order valence-electron chi connectivity index (χ0n) is 9.49. The van der Waals surface area contributed by atoms with E-state index in [0.29, 0.717) is 0 Å². The quantitative estimate of drug-likeness (QED) is 0.669. The summed E-state index contributed by atoms with van der Waals surface area (Å²) in [7, 11) is 0. The van der Waals surface area contributed by atoms with Gasteiger partial charge in [0.05, 0.1) is 12.1 Å². The van der Waals surface area contributed by atoms with Crippen LogP contribution in [0.2, 0.25) is 0 Å². The van der Waals surface area contributed by atoms with Crippen molar-refractivity contribution in [2.45, 2.75) is 6.54 Å². The fourth-order valence-electron chi connectivity index (χ4n) is 1.55. The highest BCUT2D eigenvalue weighted by atomic mass is 19.1. The number of carboxylic acids is 1. The Hall–Kier alpha value is -2.77. The van der Waals surface area contributed by atoms with Gasteiger partial charge in [-0.15, -0.1) is 0 Å². The lowest BCUT2D eigenvalue weighted by molar-refractivity contribution is -0.389. The van der Waals surface area contributed by atoms with Crippen LogP contribution in [0.25, 0.3) is 0 Å². The Bertz CT molecular complexity index is 653. The first kappa shape index (κ1) is 12.7. The van der Waals surface area contributed by atoms with E-state index in [2.05, 4.69) is 4.98 Å². The summed E-state index contributed by atoms with van der Waals surface area (Å²) in [5.74, 6) is -2.10. The van der Waals surface area contributed by atoms with Crippen LogP contribution in [0.15, 0.2) is 30.7 Å². The molecule has 0 aliphatic heterocycles. The Morgan fingerprint density at radius 3 is 2.84 bits per heavy atom. The number of hydrogen-bond donors (Lipinski definition) is 1. The molecule has 7 nitrogen and oxygen atoms in total. The van der Waals surface area contributed by atoms with E-state index in [9.17, 15) is 19.3 Å². The summed E-state index contributed by atoms with van der Waals surface area (Å²) in [6, 6.07) is 3.38. The van der Waals surface area contributed by atoms with Gasteiger partial charge >= 0.3 is 11.8 Å². The molecule has 2 aromatic rings. The van der Waals surface area contributed by atoms with Crippen LogP contribution in [0.1, 0.15) is 15.9 Å². The summed E-state index contributed by atoms with van der Waals surface area (Å²) in [6.45, 7) is -0.0339. The van der Waals surface area contributed by atoms with E-state index in [4.69, 9.17) is 5.11 Å². The van der Waals surface area contributed by atoms with Crippen molar-refractivity contribution in [3.8, 4) is 0 Å². The molecular weight excluding hydrogens is 257 g/mol. The molecule has 0 unspecified atom stereocenters. The van der Waals surface area contributed by atoms with E-state index in [1.807, 2.05) is 0 Å². The summed E-state index contributed by atoms with van der Waals surface area (Å²) in [5.41, 5.74) is 0.0678. The summed E-state index contributed by atoms with van der Waals surface area (Å²) < 4.78 is 14.8. The van der Waals surface area contributed by atoms with Gasteiger partial charge in [0, 0.05) is 5.56 Å². The van der Waals surface area contributed by atoms with Crippen LogP contribution in [-0.2, 0) is 6.54 Å². The van der Waals surface area contributed by atoms with Crippen molar-refractivity contribution in [2.75, 3.05) is 0 Å². The second-order valence-electron chi connectivity index (χ2n) is 3.77. The number of imidazole rings is 1. The molecule has 2 rings (SSSR count). The molecule has 98 valence electrons. The lowest BCUT2D eigenvalue weighted by Gasteiger charge is -2.04. The third-order valence-corrected chi connectivity index (χ3v) is 2.45. The normalized spacial score (nSPS) is 10.4. The molecule has 0 saturated heterocycles. The van der Waals surface area contributed by atoms with Crippen molar-refractivity contribution >= 4 is 11.8 Å². The lowest BCUT2D eigenvalue weighted by atomic mass is 10.1. The zero-order chi connectivity index (χ0) is 14.0. The second kappa shape index (κ2) is 4.84. The predicted octanol–water partition coefficient (Wildman–Crippen LogP) is 1.68. The van der Waals surface area contributed by atoms with Gasteiger partial charge in [0.15, 0.2) is 0 Å². The Balaban J connectivity index is 2.29. The Morgan fingerprint density at radius 1 is 1.53 bits per heavy atom. The van der Waals surface area contributed by atoms with Crippen LogP contribution in [0.5, 0.6) is 0 Å². The molecule has 0 spiro atoms. The SMILES string of the molecule is O=C(O)c1ccc(F)c(Cn2cnc([N+](=O)[O-])c2)c1. The summed E-state index contributed by atoms with van der Waals surface area (Å²) in [5, 5.41) is 19.3. The smallest absolute Gasteiger partial charge is 0.381 e. The van der Waals surface area contributed by atoms with Gasteiger partial charge in [-0.25, -0.2) is 9.18 Å². The molecule has 0 amide bonds. The lowest BCUT2D eigenvalue weighted by Crippen LogP contribution is -2.03. The van der Waals surface area contributed by atoms with Gasteiger partial charge in [0.25, 0.3) is 0 Å². The fraction of sp³-hybridized carbons (Fsp3) is 0.0909. The van der Waals surface area contributed by atoms with Crippen molar-refractivity contribution in [3.63, 3.8) is 0 Å². The molecule has 0 radical (unpaired) electrons. The summed E-state index contributed by atoms with van der Waals surface area (Å²) in [4.78, 5) is 24.1. The largest absolute Gasteiger partial charge is 0.478 e. The molecule has 1 N–H and O–H groups in total. The Kier molecular flexibility index (Phi) is 3.23. The first-order valence-electron chi connectivity index (χ1n) is 5.15. The highest BCUT2D eigenvalue weighted by Crippen LogP contribution is 2.14. The molecule has 1 aromatic heterocycles. The van der Waals surface area contributed by atoms with Gasteiger partial charge < -0.3 is 19.8 Å². The molecule has 8 heteroatoms. The van der Waals surface area contributed by atoms with Crippen LogP contribution >= 0.6 is 0 Å². The van der Waals surface area contributed by atoms with Gasteiger partial charge in [-0.1, -0.05) is 0 Å². The minimum atomic E-state index is -1.17. The van der Waals surface area contributed by atoms with Gasteiger partial charge in [0.2, 0.25) is 6.33 Å². The second-order valence-corrected chi connectivity index (χ2v) is 3.77. The van der Waals surface area contributed by atoms with Crippen molar-refractivity contribution in [2.24, 2.45) is 0 Å². The van der Waals surface area contributed by atoms with Crippen molar-refractivity contribution in [1.82, 2.24) is 9.55 Å². The molecule has 1 heterocycles. The molecule has 0 aliphatic rings. The summed E-state index contributed by atoms with van der Waals surface area (Å²) >= 11 is 0. The van der Waals surface area contributed by atoms with E-state index < -0.39 is 16.7 Å². The van der Waals surface area contributed by atoms with Crippen molar-refractivity contribution < 1.29 is 19.2 Å². The monoisotopic (exact) mass is 265 g/mol. The molecule has 19 heavy (non-hydrogen) atoms. The van der Waals surface area contributed by atoms with E-state index in [1.165, 1.54) is 17.0 Å². The average Bonchev–Trinajstić information content (AvgIpc) is 2.80. The third-order valence-electron chi connectivity index (χ3n) is 2.45. The first-order chi connectivity index (χ1) is 8.97. The van der Waals surface area contributed by atoms with Crippen LogP contribution in [0.3, 0.4) is 0 Å². The number of nitro groups is 1. The third kappa shape index (κ3) is 2.73.